The van der Waals surface area contributed by atoms with Crippen molar-refractivity contribution in [2.24, 2.45) is 5.41 Å². The van der Waals surface area contributed by atoms with Gasteiger partial charge in [-0.25, -0.2) is 4.79 Å². The highest BCUT2D eigenvalue weighted by molar-refractivity contribution is 5.85. The summed E-state index contributed by atoms with van der Waals surface area (Å²) in [6.45, 7) is 1.07. The quantitative estimate of drug-likeness (QED) is 0.626. The molecule has 2 aliphatic rings. The largest absolute Gasteiger partial charge is 0.481 e. The predicted molar refractivity (Wildman–Crippen MR) is 61.9 cm³/mol. The van der Waals surface area contributed by atoms with Crippen LogP contribution in [0.1, 0.15) is 19.3 Å². The first-order chi connectivity index (χ1) is 8.53. The van der Waals surface area contributed by atoms with Crippen molar-refractivity contribution in [3.63, 3.8) is 0 Å². The molecular formula is C11H17N3O4. The van der Waals surface area contributed by atoms with Crippen molar-refractivity contribution in [3.8, 4) is 0 Å². The molecule has 7 heteroatoms. The molecule has 0 atom stereocenters. The van der Waals surface area contributed by atoms with Crippen molar-refractivity contribution in [2.45, 2.75) is 19.3 Å². The second-order valence-corrected chi connectivity index (χ2v) is 4.87. The molecule has 3 N–H and O–H groups in total. The van der Waals surface area contributed by atoms with Gasteiger partial charge in [-0.3, -0.25) is 9.59 Å². The average molecular weight is 255 g/mol. The van der Waals surface area contributed by atoms with Crippen LogP contribution >= 0.6 is 0 Å². The lowest BCUT2D eigenvalue weighted by Crippen LogP contribution is -2.55. The van der Waals surface area contributed by atoms with Gasteiger partial charge in [0.2, 0.25) is 5.91 Å². The van der Waals surface area contributed by atoms with E-state index in [0.717, 1.165) is 6.42 Å². The Morgan fingerprint density at radius 3 is 2.67 bits per heavy atom. The van der Waals surface area contributed by atoms with Crippen LogP contribution in [0.4, 0.5) is 4.79 Å². The maximum absolute atomic E-state index is 11.8. The summed E-state index contributed by atoms with van der Waals surface area (Å²) in [7, 11) is 0. The summed E-state index contributed by atoms with van der Waals surface area (Å²) in [5.74, 6) is -1.04. The summed E-state index contributed by atoms with van der Waals surface area (Å²) in [6, 6.07) is -0.364. The van der Waals surface area contributed by atoms with Crippen molar-refractivity contribution < 1.29 is 19.5 Å². The smallest absolute Gasteiger partial charge is 0.317 e. The zero-order valence-corrected chi connectivity index (χ0v) is 10.1. The number of hydrogen-bond acceptors (Lipinski definition) is 3. The normalized spacial score (nSPS) is 21.8. The minimum Gasteiger partial charge on any atom is -0.481 e. The molecule has 1 saturated carbocycles. The Hall–Kier alpha value is -1.79. The standard InChI is InChI=1S/C11H17N3O4/c15-8-6-14(5-4-12-8)10(18)13-7-11(9(16)17)2-1-3-11/h1-7H2,(H,12,15)(H,13,18)(H,16,17). The van der Waals surface area contributed by atoms with Crippen LogP contribution < -0.4 is 10.6 Å². The van der Waals surface area contributed by atoms with E-state index in [-0.39, 0.29) is 25.0 Å². The zero-order chi connectivity index (χ0) is 13.2. The predicted octanol–water partition coefficient (Wildman–Crippen LogP) is -0.617. The van der Waals surface area contributed by atoms with Crippen molar-refractivity contribution in [1.29, 1.82) is 0 Å². The third kappa shape index (κ3) is 2.39. The fraction of sp³-hybridized carbons (Fsp3) is 0.727. The van der Waals surface area contributed by atoms with E-state index < -0.39 is 11.4 Å². The third-order valence-corrected chi connectivity index (χ3v) is 3.67. The monoisotopic (exact) mass is 255 g/mol. The van der Waals surface area contributed by atoms with E-state index >= 15 is 0 Å². The van der Waals surface area contributed by atoms with Gasteiger partial charge in [0.15, 0.2) is 0 Å². The molecule has 0 aromatic heterocycles. The summed E-state index contributed by atoms with van der Waals surface area (Å²) >= 11 is 0. The number of carboxylic acids is 1. The summed E-state index contributed by atoms with van der Waals surface area (Å²) in [4.78, 5) is 35.4. The molecule has 0 bridgehead atoms. The number of amides is 3. The lowest BCUT2D eigenvalue weighted by molar-refractivity contribution is -0.153. The lowest BCUT2D eigenvalue weighted by atomic mass is 9.69. The van der Waals surface area contributed by atoms with Crippen LogP contribution in [-0.4, -0.2) is 54.1 Å². The molecule has 3 amide bonds. The molecule has 1 saturated heterocycles. The molecule has 7 nitrogen and oxygen atoms in total. The summed E-state index contributed by atoms with van der Waals surface area (Å²) in [6.07, 6.45) is 2.08. The van der Waals surface area contributed by atoms with E-state index in [1.165, 1.54) is 4.90 Å². The minimum atomic E-state index is -0.856. The summed E-state index contributed by atoms with van der Waals surface area (Å²) in [5.41, 5.74) is -0.798. The molecule has 0 aromatic carbocycles. The van der Waals surface area contributed by atoms with Gasteiger partial charge in [-0.2, -0.15) is 0 Å². The second-order valence-electron chi connectivity index (χ2n) is 4.87. The van der Waals surface area contributed by atoms with Crippen LogP contribution in [0, 0.1) is 5.41 Å². The molecule has 0 radical (unpaired) electrons. The highest BCUT2D eigenvalue weighted by Crippen LogP contribution is 2.40. The van der Waals surface area contributed by atoms with Gasteiger partial charge in [0.1, 0.15) is 6.54 Å². The highest BCUT2D eigenvalue weighted by atomic mass is 16.4. The first-order valence-corrected chi connectivity index (χ1v) is 6.06. The van der Waals surface area contributed by atoms with Crippen LogP contribution in [0.5, 0.6) is 0 Å². The number of aliphatic carboxylic acids is 1. The Bertz CT molecular complexity index is 378. The van der Waals surface area contributed by atoms with E-state index in [9.17, 15) is 14.4 Å². The Morgan fingerprint density at radius 2 is 2.17 bits per heavy atom. The van der Waals surface area contributed by atoms with Crippen molar-refractivity contribution >= 4 is 17.9 Å². The van der Waals surface area contributed by atoms with Gasteiger partial charge in [-0.15, -0.1) is 0 Å². The molecule has 2 fully saturated rings. The molecule has 2 rings (SSSR count). The third-order valence-electron chi connectivity index (χ3n) is 3.67. The van der Waals surface area contributed by atoms with Crippen molar-refractivity contribution in [3.05, 3.63) is 0 Å². The number of nitrogens with one attached hydrogen (secondary N) is 2. The van der Waals surface area contributed by atoms with Crippen LogP contribution in [0.2, 0.25) is 0 Å². The van der Waals surface area contributed by atoms with Gasteiger partial charge in [0.25, 0.3) is 0 Å². The first kappa shape index (κ1) is 12.7. The van der Waals surface area contributed by atoms with Crippen molar-refractivity contribution in [1.82, 2.24) is 15.5 Å². The second kappa shape index (κ2) is 4.83. The topological polar surface area (TPSA) is 98.7 Å². The number of carboxylic acid groups (broad SMARTS) is 1. The van der Waals surface area contributed by atoms with Crippen LogP contribution in [0.25, 0.3) is 0 Å². The number of urea groups is 1. The van der Waals surface area contributed by atoms with Crippen molar-refractivity contribution in [2.75, 3.05) is 26.2 Å². The number of carbonyl (C=O) groups is 3. The molecule has 0 spiro atoms. The Kier molecular flexibility index (Phi) is 3.40. The van der Waals surface area contributed by atoms with E-state index in [1.807, 2.05) is 0 Å². The molecule has 1 heterocycles. The van der Waals surface area contributed by atoms with Gasteiger partial charge >= 0.3 is 12.0 Å². The van der Waals surface area contributed by atoms with Gasteiger partial charge in [0.05, 0.1) is 5.41 Å². The zero-order valence-electron chi connectivity index (χ0n) is 10.1. The molecular weight excluding hydrogens is 238 g/mol. The van der Waals surface area contributed by atoms with Gasteiger partial charge in [-0.1, -0.05) is 6.42 Å². The number of rotatable bonds is 3. The van der Waals surface area contributed by atoms with Gasteiger partial charge in [0, 0.05) is 19.6 Å². The highest BCUT2D eigenvalue weighted by Gasteiger charge is 2.44. The number of piperazine rings is 1. The maximum atomic E-state index is 11.8. The SMILES string of the molecule is O=C1CN(C(=O)NCC2(C(=O)O)CCC2)CCN1. The molecule has 1 aliphatic carbocycles. The Labute approximate surface area is 105 Å². The van der Waals surface area contributed by atoms with Gasteiger partial charge in [-0.05, 0) is 12.8 Å². The lowest BCUT2D eigenvalue weighted by Gasteiger charge is -2.38. The fourth-order valence-electron chi connectivity index (χ4n) is 2.24. The number of nitrogens with zero attached hydrogens (tertiary/aromatic N) is 1. The number of carbonyl (C=O) groups excluding carboxylic acids is 2. The minimum absolute atomic E-state index is 0.0336. The molecule has 18 heavy (non-hydrogen) atoms. The molecule has 0 aromatic rings. The Balaban J connectivity index is 1.84. The molecule has 1 aliphatic heterocycles. The Morgan fingerprint density at radius 1 is 1.44 bits per heavy atom. The van der Waals surface area contributed by atoms with E-state index in [4.69, 9.17) is 5.11 Å². The van der Waals surface area contributed by atoms with E-state index in [0.29, 0.717) is 25.9 Å². The van der Waals surface area contributed by atoms with Crippen LogP contribution in [0.15, 0.2) is 0 Å². The van der Waals surface area contributed by atoms with Gasteiger partial charge < -0.3 is 20.6 Å². The molecule has 100 valence electrons. The van der Waals surface area contributed by atoms with Crippen LogP contribution in [0.3, 0.4) is 0 Å². The molecule has 0 unspecified atom stereocenters. The average Bonchev–Trinajstić information content (AvgIpc) is 2.26. The van der Waals surface area contributed by atoms with Crippen LogP contribution in [-0.2, 0) is 9.59 Å². The van der Waals surface area contributed by atoms with E-state index in [2.05, 4.69) is 10.6 Å². The number of hydrogen-bond donors (Lipinski definition) is 3. The summed E-state index contributed by atoms with van der Waals surface area (Å²) in [5, 5.41) is 14.4. The fourth-order valence-corrected chi connectivity index (χ4v) is 2.24. The first-order valence-electron chi connectivity index (χ1n) is 6.06. The van der Waals surface area contributed by atoms with E-state index in [1.54, 1.807) is 0 Å². The maximum Gasteiger partial charge on any atom is 0.317 e. The summed E-state index contributed by atoms with van der Waals surface area (Å²) < 4.78 is 0.